The van der Waals surface area contributed by atoms with Crippen molar-refractivity contribution in [3.63, 3.8) is 0 Å². The first-order valence-corrected chi connectivity index (χ1v) is 18.0. The molecule has 48 heavy (non-hydrogen) atoms. The van der Waals surface area contributed by atoms with Crippen LogP contribution in [0.4, 0.5) is 19.3 Å². The summed E-state index contributed by atoms with van der Waals surface area (Å²) in [7, 11) is -4.29. The topological polar surface area (TPSA) is 123 Å². The van der Waals surface area contributed by atoms with Crippen molar-refractivity contribution < 1.29 is 41.0 Å². The number of alkyl halides is 2. The Balaban J connectivity index is 1.41. The van der Waals surface area contributed by atoms with Crippen LogP contribution in [0.2, 0.25) is 5.02 Å². The van der Waals surface area contributed by atoms with E-state index in [2.05, 4.69) is 21.0 Å². The predicted octanol–water partition coefficient (Wildman–Crippen LogP) is 5.37. The Bertz CT molecular complexity index is 1710. The van der Waals surface area contributed by atoms with Crippen LogP contribution in [0.3, 0.4) is 0 Å². The van der Waals surface area contributed by atoms with Gasteiger partial charge in [0.05, 0.1) is 30.3 Å². The molecule has 2 aromatic carbocycles. The molecule has 2 heterocycles. The number of nitrogens with one attached hydrogen (secondary N) is 2. The third kappa shape index (κ3) is 7.13. The van der Waals surface area contributed by atoms with Gasteiger partial charge in [0, 0.05) is 29.4 Å². The number of hydrogen-bond acceptors (Lipinski definition) is 8. The number of benzene rings is 2. The first kappa shape index (κ1) is 34.4. The lowest BCUT2D eigenvalue weighted by Gasteiger charge is -2.46. The van der Waals surface area contributed by atoms with Crippen LogP contribution in [0.1, 0.15) is 50.7 Å². The lowest BCUT2D eigenvalue weighted by atomic mass is 9.68. The molecule has 2 N–H and O–H groups in total. The van der Waals surface area contributed by atoms with Crippen LogP contribution < -0.4 is 19.7 Å². The predicted molar refractivity (Wildman–Crippen MR) is 175 cm³/mol. The number of aryl methyl sites for hydroxylation is 1. The Kier molecular flexibility index (Phi) is 9.67. The Morgan fingerprint density at radius 3 is 2.77 bits per heavy atom. The van der Waals surface area contributed by atoms with Gasteiger partial charge in [-0.2, -0.15) is 0 Å². The van der Waals surface area contributed by atoms with Gasteiger partial charge in [-0.3, -0.25) is 4.79 Å². The van der Waals surface area contributed by atoms with Gasteiger partial charge in [0.15, 0.2) is 0 Å². The van der Waals surface area contributed by atoms with Gasteiger partial charge >= 0.3 is 6.09 Å². The number of carbonyl (C=O) groups is 2. The standard InChI is InChI=1S/C34H40ClF2N3O7S/c1-33(2)31(41)39-48(43,44)24-9-12-29-27(16-24)40(19-34(20-45-29)13-3-5-21-15-23(35)8-11-26(21)34)18-22-7-10-25(22)28(6-4-14-46-33)47-32(42)38-17-30(36)37/h4,6,8-9,11-12,15-16,22,25,28,30H,3,5,7,10,13-14,17-20H2,1-2H3,(H,38,42)(H,39,41)/t22-,25+,28-,34-/m0/s1. The Labute approximate surface area is 284 Å². The van der Waals surface area contributed by atoms with Gasteiger partial charge in [-0.1, -0.05) is 23.7 Å². The molecule has 0 aromatic heterocycles. The maximum absolute atomic E-state index is 13.6. The maximum Gasteiger partial charge on any atom is 0.407 e. The van der Waals surface area contributed by atoms with Crippen molar-refractivity contribution in [3.05, 3.63) is 64.7 Å². The Morgan fingerprint density at radius 2 is 2.02 bits per heavy atom. The molecule has 10 nitrogen and oxygen atoms in total. The van der Waals surface area contributed by atoms with Crippen molar-refractivity contribution in [1.82, 2.24) is 10.0 Å². The van der Waals surface area contributed by atoms with Crippen molar-refractivity contribution in [2.24, 2.45) is 11.8 Å². The largest absolute Gasteiger partial charge is 0.490 e. The van der Waals surface area contributed by atoms with Crippen LogP contribution in [0.15, 0.2) is 53.4 Å². The second-order valence-corrected chi connectivity index (χ2v) is 15.7. The number of nitrogens with zero attached hydrogens (tertiary/aromatic N) is 1. The van der Waals surface area contributed by atoms with Gasteiger partial charge in [0.1, 0.15) is 17.5 Å². The van der Waals surface area contributed by atoms with Crippen LogP contribution in [0, 0.1) is 11.8 Å². The third-order valence-electron chi connectivity index (χ3n) is 9.96. The maximum atomic E-state index is 13.6. The van der Waals surface area contributed by atoms with E-state index in [1.165, 1.54) is 26.0 Å². The van der Waals surface area contributed by atoms with Crippen molar-refractivity contribution >= 4 is 39.3 Å². The number of carbonyl (C=O) groups excluding carboxylic acids is 2. The molecule has 0 radical (unpaired) electrons. The third-order valence-corrected chi connectivity index (χ3v) is 11.5. The number of hydrogen-bond donors (Lipinski definition) is 2. The van der Waals surface area contributed by atoms with Crippen molar-refractivity contribution in [2.75, 3.05) is 37.7 Å². The molecule has 2 amide bonds. The second kappa shape index (κ2) is 13.5. The van der Waals surface area contributed by atoms with E-state index in [0.29, 0.717) is 42.6 Å². The van der Waals surface area contributed by atoms with Gasteiger partial charge in [-0.15, -0.1) is 0 Å². The molecule has 1 fully saturated rings. The SMILES string of the molecule is CC1(C)OCC=C[C@H](OC(=O)NCC(F)F)[C@@H]2CC[C@H]2CN2C[C@@]3(CCCc4cc(Cl)ccc43)COc3ccc(cc32)S(=O)(=O)NC1=O. The van der Waals surface area contributed by atoms with E-state index in [1.54, 1.807) is 18.2 Å². The number of sulfonamides is 1. The summed E-state index contributed by atoms with van der Waals surface area (Å²) >= 11 is 6.38. The highest BCUT2D eigenvalue weighted by atomic mass is 35.5. The van der Waals surface area contributed by atoms with Crippen molar-refractivity contribution in [2.45, 2.75) is 74.4 Å². The summed E-state index contributed by atoms with van der Waals surface area (Å²) in [6.45, 7) is 3.34. The number of anilines is 1. The summed E-state index contributed by atoms with van der Waals surface area (Å²) in [5, 5.41) is 2.77. The van der Waals surface area contributed by atoms with Crippen molar-refractivity contribution in [1.29, 1.82) is 0 Å². The Hall–Kier alpha value is -3.42. The summed E-state index contributed by atoms with van der Waals surface area (Å²) in [5.74, 6) is -0.501. The van der Waals surface area contributed by atoms with E-state index in [1.807, 2.05) is 12.1 Å². The fraction of sp³-hybridized carbons (Fsp3) is 0.529. The van der Waals surface area contributed by atoms with Crippen molar-refractivity contribution in [3.8, 4) is 5.75 Å². The van der Waals surface area contributed by atoms with Gasteiger partial charge in [0.25, 0.3) is 22.4 Å². The molecule has 1 saturated carbocycles. The summed E-state index contributed by atoms with van der Waals surface area (Å²) in [4.78, 5) is 27.8. The first-order chi connectivity index (χ1) is 22.8. The van der Waals surface area contributed by atoms with E-state index in [0.717, 1.165) is 36.8 Å². The van der Waals surface area contributed by atoms with Gasteiger partial charge in [-0.05, 0) is 99.4 Å². The monoisotopic (exact) mass is 707 g/mol. The quantitative estimate of drug-likeness (QED) is 0.409. The normalized spacial score (nSPS) is 27.8. The lowest BCUT2D eigenvalue weighted by Crippen LogP contribution is -2.50. The molecule has 2 aromatic rings. The summed E-state index contributed by atoms with van der Waals surface area (Å²) < 4.78 is 72.8. The highest BCUT2D eigenvalue weighted by Crippen LogP contribution is 2.47. The molecule has 6 rings (SSSR count). The molecule has 0 saturated heterocycles. The van der Waals surface area contributed by atoms with Crippen LogP contribution in [0.25, 0.3) is 0 Å². The van der Waals surface area contributed by atoms with Gasteiger partial charge < -0.3 is 24.4 Å². The Morgan fingerprint density at radius 1 is 1.21 bits per heavy atom. The zero-order valence-electron chi connectivity index (χ0n) is 26.8. The molecule has 0 unspecified atom stereocenters. The molecule has 14 heteroatoms. The molecule has 1 spiro atoms. The number of amides is 2. The second-order valence-electron chi connectivity index (χ2n) is 13.6. The summed E-state index contributed by atoms with van der Waals surface area (Å²) in [6, 6.07) is 10.5. The molecular formula is C34H40ClF2N3O7S. The molecule has 4 atom stereocenters. The number of fused-ring (bicyclic) bond motifs is 4. The molecule has 260 valence electrons. The zero-order chi connectivity index (χ0) is 34.3. The highest BCUT2D eigenvalue weighted by Gasteiger charge is 2.45. The van der Waals surface area contributed by atoms with E-state index >= 15 is 0 Å². The van der Waals surface area contributed by atoms with Gasteiger partial charge in [0.2, 0.25) is 0 Å². The van der Waals surface area contributed by atoms with Crippen LogP contribution in [-0.2, 0) is 36.1 Å². The molecule has 2 aliphatic carbocycles. The zero-order valence-corrected chi connectivity index (χ0v) is 28.4. The first-order valence-electron chi connectivity index (χ1n) is 16.2. The van der Waals surface area contributed by atoms with E-state index < -0.39 is 52.1 Å². The van der Waals surface area contributed by atoms with Crippen LogP contribution in [0.5, 0.6) is 5.75 Å². The summed E-state index contributed by atoms with van der Waals surface area (Å²) in [5.41, 5.74) is 0.910. The number of rotatable bonds is 3. The van der Waals surface area contributed by atoms with E-state index in [9.17, 15) is 26.8 Å². The fourth-order valence-electron chi connectivity index (χ4n) is 7.21. The average molecular weight is 708 g/mol. The fourth-order valence-corrected chi connectivity index (χ4v) is 8.53. The van der Waals surface area contributed by atoms with E-state index in [-0.39, 0.29) is 23.3 Å². The number of ether oxygens (including phenoxy) is 3. The minimum atomic E-state index is -4.29. The summed E-state index contributed by atoms with van der Waals surface area (Å²) in [6.07, 6.45) is 2.98. The minimum absolute atomic E-state index is 0.00376. The van der Waals surface area contributed by atoms with E-state index in [4.69, 9.17) is 25.8 Å². The van der Waals surface area contributed by atoms with Gasteiger partial charge in [-0.25, -0.2) is 26.7 Å². The minimum Gasteiger partial charge on any atom is -0.490 e. The number of alkyl carbamates (subject to hydrolysis) is 1. The molecule has 2 bridgehead atoms. The highest BCUT2D eigenvalue weighted by molar-refractivity contribution is 7.90. The van der Waals surface area contributed by atoms with Crippen LogP contribution in [-0.4, -0.2) is 71.4 Å². The lowest BCUT2D eigenvalue weighted by molar-refractivity contribution is -0.139. The molecule has 2 aliphatic heterocycles. The smallest absolute Gasteiger partial charge is 0.407 e. The number of halogens is 3. The van der Waals surface area contributed by atoms with Crippen LogP contribution >= 0.6 is 11.6 Å². The molecular weight excluding hydrogens is 668 g/mol. The molecule has 4 aliphatic rings. The average Bonchev–Trinajstić information content (AvgIpc) is 3.16.